The van der Waals surface area contributed by atoms with Crippen molar-refractivity contribution in [2.75, 3.05) is 6.54 Å². The minimum atomic E-state index is -4.47. The van der Waals surface area contributed by atoms with Crippen LogP contribution >= 0.6 is 0 Å². The smallest absolute Gasteiger partial charge is 0.435 e. The van der Waals surface area contributed by atoms with Crippen molar-refractivity contribution in [3.8, 4) is 5.75 Å². The summed E-state index contributed by atoms with van der Waals surface area (Å²) in [5.74, 6) is 0.957. The van der Waals surface area contributed by atoms with Crippen LogP contribution in [0.1, 0.15) is 34.1 Å². The van der Waals surface area contributed by atoms with Crippen LogP contribution in [0.5, 0.6) is 5.75 Å². The van der Waals surface area contributed by atoms with E-state index < -0.39 is 17.8 Å². The number of alkyl halides is 3. The predicted octanol–water partition coefficient (Wildman–Crippen LogP) is 5.36. The van der Waals surface area contributed by atoms with Crippen molar-refractivity contribution in [2.45, 2.75) is 32.7 Å². The van der Waals surface area contributed by atoms with E-state index in [4.69, 9.17) is 9.15 Å². The zero-order valence-electron chi connectivity index (χ0n) is 17.9. The van der Waals surface area contributed by atoms with Crippen molar-refractivity contribution < 1.29 is 27.1 Å². The number of hydrogen-bond donors (Lipinski definition) is 1. The van der Waals surface area contributed by atoms with Gasteiger partial charge >= 0.3 is 6.18 Å². The van der Waals surface area contributed by atoms with E-state index in [-0.39, 0.29) is 25.5 Å². The van der Waals surface area contributed by atoms with Crippen LogP contribution in [-0.4, -0.2) is 22.2 Å². The maximum atomic E-state index is 12.7. The summed E-state index contributed by atoms with van der Waals surface area (Å²) in [4.78, 5) is 12.3. The summed E-state index contributed by atoms with van der Waals surface area (Å²) in [7, 11) is 0. The van der Waals surface area contributed by atoms with Crippen molar-refractivity contribution in [3.05, 3.63) is 83.6 Å². The molecule has 2 aromatic carbocycles. The fraction of sp³-hybridized carbons (Fsp3) is 0.250. The number of nitrogens with one attached hydrogen (secondary N) is 1. The largest absolute Gasteiger partial charge is 0.485 e. The Morgan fingerprint density at radius 2 is 1.91 bits per heavy atom. The molecule has 1 amide bonds. The minimum absolute atomic E-state index is 0.140. The van der Waals surface area contributed by atoms with Crippen LogP contribution in [-0.2, 0) is 19.3 Å². The fourth-order valence-electron chi connectivity index (χ4n) is 3.44. The van der Waals surface area contributed by atoms with Crippen LogP contribution in [0.2, 0.25) is 0 Å². The summed E-state index contributed by atoms with van der Waals surface area (Å²) < 4.78 is 50.9. The van der Waals surface area contributed by atoms with Crippen LogP contribution in [0.3, 0.4) is 0 Å². The lowest BCUT2D eigenvalue weighted by Gasteiger charge is -2.08. The molecule has 2 aromatic heterocycles. The molecule has 0 aliphatic heterocycles. The van der Waals surface area contributed by atoms with Gasteiger partial charge in [-0.1, -0.05) is 36.4 Å². The Balaban J connectivity index is 1.26. The highest BCUT2D eigenvalue weighted by atomic mass is 19.4. The number of carbonyl (C=O) groups excluding carboxylic acids is 1. The van der Waals surface area contributed by atoms with E-state index in [2.05, 4.69) is 10.4 Å². The number of hydrogen-bond acceptors (Lipinski definition) is 4. The van der Waals surface area contributed by atoms with Gasteiger partial charge in [-0.25, -0.2) is 0 Å². The molecule has 172 valence electrons. The van der Waals surface area contributed by atoms with Crippen molar-refractivity contribution in [3.63, 3.8) is 0 Å². The molecule has 0 atom stereocenters. The lowest BCUT2D eigenvalue weighted by Crippen LogP contribution is -2.25. The molecule has 0 spiro atoms. The number of halogens is 3. The summed E-state index contributed by atoms with van der Waals surface area (Å²) in [5, 5.41) is 8.32. The summed E-state index contributed by atoms with van der Waals surface area (Å²) in [5.41, 5.74) is -0.506. The van der Waals surface area contributed by atoms with Crippen LogP contribution in [0.15, 0.2) is 65.1 Å². The molecule has 0 aliphatic carbocycles. The van der Waals surface area contributed by atoms with Gasteiger partial charge in [-0.3, -0.25) is 9.48 Å². The molecule has 0 unspecified atom stereocenters. The Bertz CT molecular complexity index is 1260. The summed E-state index contributed by atoms with van der Waals surface area (Å²) in [6.07, 6.45) is -4.05. The number of aryl methyl sites for hydroxylation is 2. The van der Waals surface area contributed by atoms with Crippen LogP contribution < -0.4 is 10.1 Å². The lowest BCUT2D eigenvalue weighted by atomic mass is 10.1. The molecule has 1 N–H and O–H groups in total. The first-order valence-electron chi connectivity index (χ1n) is 10.4. The first kappa shape index (κ1) is 22.4. The second-order valence-electron chi connectivity index (χ2n) is 7.53. The summed E-state index contributed by atoms with van der Waals surface area (Å²) in [6, 6.07) is 17.9. The average molecular weight is 457 g/mol. The number of carbonyl (C=O) groups is 1. The van der Waals surface area contributed by atoms with Crippen LogP contribution in [0, 0.1) is 6.92 Å². The predicted molar refractivity (Wildman–Crippen MR) is 116 cm³/mol. The van der Waals surface area contributed by atoms with E-state index in [0.717, 1.165) is 22.6 Å². The first-order valence-corrected chi connectivity index (χ1v) is 10.4. The van der Waals surface area contributed by atoms with Crippen LogP contribution in [0.4, 0.5) is 13.2 Å². The molecular formula is C24H22F3N3O3. The first-order chi connectivity index (χ1) is 15.8. The SMILES string of the molecule is Cc1cc(C(F)(F)F)nn1CCCNC(=O)c1ccc(COc2cccc3ccccc23)o1. The number of furan rings is 1. The average Bonchev–Trinajstić information content (AvgIpc) is 3.42. The molecule has 0 radical (unpaired) electrons. The normalized spacial score (nSPS) is 11.6. The molecule has 6 nitrogen and oxygen atoms in total. The molecule has 4 aromatic rings. The highest BCUT2D eigenvalue weighted by Crippen LogP contribution is 2.28. The van der Waals surface area contributed by atoms with Gasteiger partial charge in [0.15, 0.2) is 11.5 Å². The van der Waals surface area contributed by atoms with E-state index in [1.165, 1.54) is 4.68 Å². The van der Waals surface area contributed by atoms with E-state index in [1.807, 2.05) is 42.5 Å². The van der Waals surface area contributed by atoms with Crippen molar-refractivity contribution in [1.29, 1.82) is 0 Å². The Hall–Kier alpha value is -3.75. The summed E-state index contributed by atoms with van der Waals surface area (Å²) in [6.45, 7) is 2.25. The second-order valence-corrected chi connectivity index (χ2v) is 7.53. The van der Waals surface area contributed by atoms with E-state index in [0.29, 0.717) is 17.9 Å². The Labute approximate surface area is 188 Å². The van der Waals surface area contributed by atoms with Gasteiger partial charge in [0.1, 0.15) is 18.1 Å². The number of amides is 1. The Morgan fingerprint density at radius 1 is 1.12 bits per heavy atom. The van der Waals surface area contributed by atoms with Gasteiger partial charge in [-0.2, -0.15) is 18.3 Å². The maximum Gasteiger partial charge on any atom is 0.435 e. The molecule has 33 heavy (non-hydrogen) atoms. The Morgan fingerprint density at radius 3 is 2.70 bits per heavy atom. The molecule has 2 heterocycles. The maximum absolute atomic E-state index is 12.7. The zero-order chi connectivity index (χ0) is 23.4. The minimum Gasteiger partial charge on any atom is -0.485 e. The molecule has 0 saturated heterocycles. The van der Waals surface area contributed by atoms with Crippen LogP contribution in [0.25, 0.3) is 10.8 Å². The summed E-state index contributed by atoms with van der Waals surface area (Å²) >= 11 is 0. The molecule has 9 heteroatoms. The van der Waals surface area contributed by atoms with Gasteiger partial charge in [0.25, 0.3) is 5.91 Å². The standard InChI is InChI=1S/C24H22F3N3O3/c1-16-14-22(24(25,26)27)29-30(16)13-5-12-28-23(31)21-11-10-18(33-21)15-32-20-9-4-7-17-6-2-3-8-19(17)20/h2-4,6-11,14H,5,12-13,15H2,1H3,(H,28,31). The third-order valence-corrected chi connectivity index (χ3v) is 5.11. The third kappa shape index (κ3) is 5.36. The van der Waals surface area contributed by atoms with Crippen molar-refractivity contribution in [1.82, 2.24) is 15.1 Å². The van der Waals surface area contributed by atoms with E-state index >= 15 is 0 Å². The van der Waals surface area contributed by atoms with Crippen molar-refractivity contribution >= 4 is 16.7 Å². The number of ether oxygens (including phenoxy) is 1. The number of nitrogens with zero attached hydrogens (tertiary/aromatic N) is 2. The highest BCUT2D eigenvalue weighted by molar-refractivity contribution is 5.91. The zero-order valence-corrected chi connectivity index (χ0v) is 17.9. The molecular weight excluding hydrogens is 435 g/mol. The number of aromatic nitrogens is 2. The van der Waals surface area contributed by atoms with E-state index in [1.54, 1.807) is 19.1 Å². The molecule has 4 rings (SSSR count). The van der Waals surface area contributed by atoms with Crippen molar-refractivity contribution in [2.24, 2.45) is 0 Å². The quantitative estimate of drug-likeness (QED) is 0.362. The van der Waals surface area contributed by atoms with Gasteiger partial charge in [-0.05, 0) is 43.0 Å². The topological polar surface area (TPSA) is 69.3 Å². The molecule has 0 aliphatic rings. The van der Waals surface area contributed by atoms with Gasteiger partial charge < -0.3 is 14.5 Å². The monoisotopic (exact) mass is 457 g/mol. The fourth-order valence-corrected chi connectivity index (χ4v) is 3.44. The lowest BCUT2D eigenvalue weighted by molar-refractivity contribution is -0.141. The number of fused-ring (bicyclic) bond motifs is 1. The molecule has 0 saturated carbocycles. The van der Waals surface area contributed by atoms with Gasteiger partial charge in [0.2, 0.25) is 0 Å². The highest BCUT2D eigenvalue weighted by Gasteiger charge is 2.34. The van der Waals surface area contributed by atoms with Gasteiger partial charge in [-0.15, -0.1) is 0 Å². The van der Waals surface area contributed by atoms with Gasteiger partial charge in [0, 0.05) is 24.2 Å². The van der Waals surface area contributed by atoms with Gasteiger partial charge in [0.05, 0.1) is 0 Å². The number of rotatable bonds is 8. The number of benzene rings is 2. The molecule has 0 fully saturated rings. The molecule has 0 bridgehead atoms. The Kier molecular flexibility index (Phi) is 6.39. The third-order valence-electron chi connectivity index (χ3n) is 5.11. The van der Waals surface area contributed by atoms with E-state index in [9.17, 15) is 18.0 Å². The second kappa shape index (κ2) is 9.40.